The maximum atomic E-state index is 13.6. The standard InChI is InChI=1S/C19H20FNO/c20-14-1-2-17-15(6-14)16(10-22)18(21-17)19-7-11-3-12(8-19)5-13(4-11)9-19/h1-2,6,10-13,21H,3-5,7-9H2. The molecule has 4 fully saturated rings. The number of aromatic amines is 1. The molecule has 0 saturated heterocycles. The van der Waals surface area contributed by atoms with E-state index in [4.69, 9.17) is 0 Å². The molecule has 0 spiro atoms. The highest BCUT2D eigenvalue weighted by atomic mass is 19.1. The summed E-state index contributed by atoms with van der Waals surface area (Å²) in [5, 5.41) is 0.751. The summed E-state index contributed by atoms with van der Waals surface area (Å²) < 4.78 is 13.6. The highest BCUT2D eigenvalue weighted by Gasteiger charge is 2.53. The molecule has 0 aliphatic heterocycles. The lowest BCUT2D eigenvalue weighted by Crippen LogP contribution is -2.49. The normalized spacial score (nSPS) is 36.1. The Morgan fingerprint density at radius 2 is 1.73 bits per heavy atom. The molecule has 0 amide bonds. The number of benzene rings is 1. The third-order valence-corrected chi connectivity index (χ3v) is 6.49. The number of H-pyrrole nitrogens is 1. The third-order valence-electron chi connectivity index (χ3n) is 6.49. The molecule has 1 heterocycles. The van der Waals surface area contributed by atoms with Gasteiger partial charge in [0.05, 0.1) is 0 Å². The van der Waals surface area contributed by atoms with Crippen LogP contribution in [0.3, 0.4) is 0 Å². The van der Waals surface area contributed by atoms with E-state index in [1.54, 1.807) is 6.07 Å². The lowest BCUT2D eigenvalue weighted by atomic mass is 9.48. The molecule has 1 aromatic carbocycles. The number of nitrogens with one attached hydrogen (secondary N) is 1. The molecule has 6 rings (SSSR count). The monoisotopic (exact) mass is 297 g/mol. The average Bonchev–Trinajstić information content (AvgIpc) is 2.84. The van der Waals surface area contributed by atoms with Gasteiger partial charge in [0.2, 0.25) is 0 Å². The summed E-state index contributed by atoms with van der Waals surface area (Å²) in [6.07, 6.45) is 8.69. The molecule has 1 aromatic heterocycles. The van der Waals surface area contributed by atoms with Crippen LogP contribution in [0, 0.1) is 23.6 Å². The first-order valence-electron chi connectivity index (χ1n) is 8.44. The minimum Gasteiger partial charge on any atom is -0.357 e. The van der Waals surface area contributed by atoms with Crippen LogP contribution in [0.25, 0.3) is 10.9 Å². The van der Waals surface area contributed by atoms with E-state index in [-0.39, 0.29) is 11.2 Å². The summed E-state index contributed by atoms with van der Waals surface area (Å²) in [7, 11) is 0. The Morgan fingerprint density at radius 1 is 1.09 bits per heavy atom. The van der Waals surface area contributed by atoms with Crippen molar-refractivity contribution < 1.29 is 9.18 Å². The van der Waals surface area contributed by atoms with Crippen LogP contribution in [0.5, 0.6) is 0 Å². The Labute approximate surface area is 129 Å². The minimum absolute atomic E-state index is 0.139. The highest BCUT2D eigenvalue weighted by molar-refractivity contribution is 5.99. The molecule has 0 unspecified atom stereocenters. The van der Waals surface area contributed by atoms with Gasteiger partial charge in [-0.25, -0.2) is 4.39 Å². The SMILES string of the molecule is O=Cc1c(C23CC4CC(CC(C4)C2)C3)[nH]c2ccc(F)cc12. The number of carbonyl (C=O) groups excluding carboxylic acids is 1. The van der Waals surface area contributed by atoms with Gasteiger partial charge in [0, 0.05) is 27.6 Å². The van der Waals surface area contributed by atoms with Crippen LogP contribution in [-0.4, -0.2) is 11.3 Å². The van der Waals surface area contributed by atoms with Crippen LogP contribution in [0.15, 0.2) is 18.2 Å². The molecule has 3 heteroatoms. The zero-order valence-corrected chi connectivity index (χ0v) is 12.6. The van der Waals surface area contributed by atoms with Crippen molar-refractivity contribution in [1.82, 2.24) is 4.98 Å². The van der Waals surface area contributed by atoms with Crippen molar-refractivity contribution in [2.45, 2.75) is 43.9 Å². The number of hydrogen-bond acceptors (Lipinski definition) is 1. The number of carbonyl (C=O) groups is 1. The van der Waals surface area contributed by atoms with Crippen LogP contribution in [0.2, 0.25) is 0 Å². The molecule has 4 aliphatic carbocycles. The molecular weight excluding hydrogens is 277 g/mol. The maximum absolute atomic E-state index is 13.6. The Balaban J connectivity index is 1.72. The summed E-state index contributed by atoms with van der Waals surface area (Å²) in [6.45, 7) is 0. The van der Waals surface area contributed by atoms with Crippen molar-refractivity contribution in [2.24, 2.45) is 17.8 Å². The van der Waals surface area contributed by atoms with Gasteiger partial charge in [0.25, 0.3) is 0 Å². The minimum atomic E-state index is -0.272. The maximum Gasteiger partial charge on any atom is 0.152 e. The Hall–Kier alpha value is -1.64. The Bertz CT molecular complexity index is 740. The second-order valence-electron chi connectivity index (χ2n) is 7.92. The van der Waals surface area contributed by atoms with Gasteiger partial charge in [0.15, 0.2) is 6.29 Å². The van der Waals surface area contributed by atoms with Crippen LogP contribution in [0.4, 0.5) is 4.39 Å². The molecule has 2 nitrogen and oxygen atoms in total. The van der Waals surface area contributed by atoms with Crippen LogP contribution >= 0.6 is 0 Å². The molecule has 2 aromatic rings. The lowest BCUT2D eigenvalue weighted by Gasteiger charge is -2.56. The summed E-state index contributed by atoms with van der Waals surface area (Å²) in [5.41, 5.74) is 2.84. The van der Waals surface area contributed by atoms with E-state index in [1.807, 2.05) is 0 Å². The average molecular weight is 297 g/mol. The summed E-state index contributed by atoms with van der Waals surface area (Å²) in [6, 6.07) is 4.73. The summed E-state index contributed by atoms with van der Waals surface area (Å²) in [5.74, 6) is 2.21. The molecule has 0 atom stereocenters. The number of fused-ring (bicyclic) bond motifs is 1. The van der Waals surface area contributed by atoms with E-state index in [0.29, 0.717) is 5.56 Å². The molecule has 4 bridgehead atoms. The number of hydrogen-bond donors (Lipinski definition) is 1. The summed E-state index contributed by atoms with van der Waals surface area (Å²) >= 11 is 0. The Morgan fingerprint density at radius 3 is 2.32 bits per heavy atom. The van der Waals surface area contributed by atoms with E-state index in [0.717, 1.165) is 40.6 Å². The number of rotatable bonds is 2. The molecular formula is C19H20FNO. The zero-order valence-electron chi connectivity index (χ0n) is 12.6. The third kappa shape index (κ3) is 1.62. The number of halogens is 1. The topological polar surface area (TPSA) is 32.9 Å². The number of aldehydes is 1. The predicted octanol–water partition coefficient (Wildman–Crippen LogP) is 4.59. The molecule has 22 heavy (non-hydrogen) atoms. The van der Waals surface area contributed by atoms with Gasteiger partial charge in [-0.1, -0.05) is 0 Å². The Kier molecular flexibility index (Phi) is 2.46. The zero-order chi connectivity index (χ0) is 14.9. The fourth-order valence-electron chi connectivity index (χ4n) is 6.14. The van der Waals surface area contributed by atoms with E-state index >= 15 is 0 Å². The summed E-state index contributed by atoms with van der Waals surface area (Å²) in [4.78, 5) is 15.3. The van der Waals surface area contributed by atoms with Gasteiger partial charge in [-0.05, 0) is 74.5 Å². The van der Waals surface area contributed by atoms with Crippen molar-refractivity contribution in [2.75, 3.05) is 0 Å². The van der Waals surface area contributed by atoms with Gasteiger partial charge >= 0.3 is 0 Å². The molecule has 1 N–H and O–H groups in total. The fraction of sp³-hybridized carbons (Fsp3) is 0.526. The van der Waals surface area contributed by atoms with Crippen LogP contribution in [0.1, 0.15) is 54.6 Å². The van der Waals surface area contributed by atoms with Crippen molar-refractivity contribution >= 4 is 17.2 Å². The van der Waals surface area contributed by atoms with E-state index in [2.05, 4.69) is 4.98 Å². The van der Waals surface area contributed by atoms with Crippen molar-refractivity contribution in [3.05, 3.63) is 35.3 Å². The van der Waals surface area contributed by atoms with Crippen LogP contribution < -0.4 is 0 Å². The van der Waals surface area contributed by atoms with Crippen molar-refractivity contribution in [1.29, 1.82) is 0 Å². The molecule has 114 valence electrons. The van der Waals surface area contributed by atoms with Gasteiger partial charge in [-0.15, -0.1) is 0 Å². The first kappa shape index (κ1) is 12.9. The van der Waals surface area contributed by atoms with E-state index in [9.17, 15) is 9.18 Å². The fourth-order valence-corrected chi connectivity index (χ4v) is 6.14. The van der Waals surface area contributed by atoms with Crippen molar-refractivity contribution in [3.8, 4) is 0 Å². The second kappa shape index (κ2) is 4.21. The quantitative estimate of drug-likeness (QED) is 0.808. The first-order chi connectivity index (χ1) is 10.7. The van der Waals surface area contributed by atoms with Gasteiger partial charge in [-0.2, -0.15) is 0 Å². The van der Waals surface area contributed by atoms with Crippen LogP contribution in [-0.2, 0) is 5.41 Å². The van der Waals surface area contributed by atoms with Gasteiger partial charge in [-0.3, -0.25) is 4.79 Å². The molecule has 0 radical (unpaired) electrons. The van der Waals surface area contributed by atoms with E-state index in [1.165, 1.54) is 50.7 Å². The van der Waals surface area contributed by atoms with Crippen molar-refractivity contribution in [3.63, 3.8) is 0 Å². The molecule has 4 saturated carbocycles. The lowest BCUT2D eigenvalue weighted by molar-refractivity contribution is -0.00710. The largest absolute Gasteiger partial charge is 0.357 e. The first-order valence-corrected chi connectivity index (χ1v) is 8.44. The smallest absolute Gasteiger partial charge is 0.152 e. The number of aromatic nitrogens is 1. The van der Waals surface area contributed by atoms with Gasteiger partial charge < -0.3 is 4.98 Å². The van der Waals surface area contributed by atoms with Gasteiger partial charge in [0.1, 0.15) is 5.82 Å². The predicted molar refractivity (Wildman–Crippen MR) is 83.5 cm³/mol. The molecule has 4 aliphatic rings. The highest BCUT2D eigenvalue weighted by Crippen LogP contribution is 2.61. The second-order valence-corrected chi connectivity index (χ2v) is 7.92. The van der Waals surface area contributed by atoms with E-state index < -0.39 is 0 Å².